The summed E-state index contributed by atoms with van der Waals surface area (Å²) in [6.45, 7) is 8.79. The zero-order chi connectivity index (χ0) is 22.8. The van der Waals surface area contributed by atoms with E-state index in [9.17, 15) is 9.59 Å². The molecule has 1 aromatic carbocycles. The summed E-state index contributed by atoms with van der Waals surface area (Å²) in [4.78, 5) is 26.2. The lowest BCUT2D eigenvalue weighted by atomic mass is 9.84. The van der Waals surface area contributed by atoms with Crippen LogP contribution in [0, 0.1) is 6.92 Å². The number of carboxylic acid groups (broad SMARTS) is 2. The van der Waals surface area contributed by atoms with Crippen LogP contribution >= 0.6 is 0 Å². The summed E-state index contributed by atoms with van der Waals surface area (Å²) in [6.07, 6.45) is 7.03. The van der Waals surface area contributed by atoms with Crippen LogP contribution < -0.4 is 0 Å². The molecular formula is C23H31N3O5. The van der Waals surface area contributed by atoms with Crippen LogP contribution in [0.3, 0.4) is 0 Å². The Morgan fingerprint density at radius 2 is 1.81 bits per heavy atom. The minimum absolute atomic E-state index is 0.558. The Balaban J connectivity index is 0.000000366. The highest BCUT2D eigenvalue weighted by Gasteiger charge is 2.26. The second kappa shape index (κ2) is 12.0. The standard InChI is InChI=1S/C19H27N3O.C4H4O4/c1-4-11-22(12-5-2)16-10-9-15-7-6-8-17(18(15)13-16)19-20-14(3)21-23-19;5-3(6)1-2-4(7)8/h6-8,16H,4-5,9-13H2,1-3H3;1-2H,(H,5,6)(H,7,8). The summed E-state index contributed by atoms with van der Waals surface area (Å²) in [5.41, 5.74) is 3.98. The second-order valence-corrected chi connectivity index (χ2v) is 7.53. The molecule has 0 bridgehead atoms. The SMILES string of the molecule is CCCN(CCC)C1CCc2cccc(-c3nc(C)no3)c2C1.O=C(O)C=CC(=O)O. The van der Waals surface area contributed by atoms with Crippen molar-refractivity contribution in [1.29, 1.82) is 0 Å². The Kier molecular flexibility index (Phi) is 9.40. The molecule has 2 N–H and O–H groups in total. The molecule has 1 atom stereocenters. The number of carbonyl (C=O) groups is 2. The van der Waals surface area contributed by atoms with E-state index in [1.165, 1.54) is 43.5 Å². The molecule has 0 saturated heterocycles. The average Bonchev–Trinajstić information content (AvgIpc) is 3.18. The summed E-state index contributed by atoms with van der Waals surface area (Å²) in [6, 6.07) is 7.12. The van der Waals surface area contributed by atoms with Gasteiger partial charge in [0.2, 0.25) is 0 Å². The Hall–Kier alpha value is -3.00. The van der Waals surface area contributed by atoms with Crippen LogP contribution in [0.25, 0.3) is 11.5 Å². The minimum atomic E-state index is -1.26. The van der Waals surface area contributed by atoms with E-state index in [0.29, 0.717) is 29.9 Å². The third kappa shape index (κ3) is 7.32. The number of hydrogen-bond acceptors (Lipinski definition) is 6. The lowest BCUT2D eigenvalue weighted by molar-refractivity contribution is -0.134. The first-order chi connectivity index (χ1) is 14.8. The molecule has 0 saturated carbocycles. The molecule has 0 amide bonds. The lowest BCUT2D eigenvalue weighted by Crippen LogP contribution is -2.40. The first-order valence-corrected chi connectivity index (χ1v) is 10.6. The Morgan fingerprint density at radius 3 is 2.32 bits per heavy atom. The summed E-state index contributed by atoms with van der Waals surface area (Å²) in [5.74, 6) is -1.15. The fraction of sp³-hybridized carbons (Fsp3) is 0.478. The maximum atomic E-state index is 9.55. The molecule has 0 spiro atoms. The van der Waals surface area contributed by atoms with Gasteiger partial charge in [-0.05, 0) is 69.3 Å². The van der Waals surface area contributed by atoms with E-state index in [2.05, 4.69) is 47.1 Å². The molecule has 1 aromatic heterocycles. The van der Waals surface area contributed by atoms with E-state index < -0.39 is 11.9 Å². The molecule has 0 radical (unpaired) electrons. The van der Waals surface area contributed by atoms with Crippen LogP contribution in [0.5, 0.6) is 0 Å². The van der Waals surface area contributed by atoms with Crippen molar-refractivity contribution in [2.75, 3.05) is 13.1 Å². The van der Waals surface area contributed by atoms with Crippen molar-refractivity contribution in [2.45, 2.75) is 58.9 Å². The largest absolute Gasteiger partial charge is 0.478 e. The highest BCUT2D eigenvalue weighted by Crippen LogP contribution is 2.32. The van der Waals surface area contributed by atoms with Gasteiger partial charge in [-0.3, -0.25) is 0 Å². The second-order valence-electron chi connectivity index (χ2n) is 7.53. The van der Waals surface area contributed by atoms with Crippen molar-refractivity contribution >= 4 is 11.9 Å². The molecule has 0 aliphatic heterocycles. The van der Waals surface area contributed by atoms with Gasteiger partial charge in [-0.2, -0.15) is 4.98 Å². The number of aromatic nitrogens is 2. The topological polar surface area (TPSA) is 117 Å². The van der Waals surface area contributed by atoms with E-state index in [4.69, 9.17) is 14.7 Å². The Labute approximate surface area is 182 Å². The zero-order valence-electron chi connectivity index (χ0n) is 18.4. The number of aryl methyl sites for hydroxylation is 2. The van der Waals surface area contributed by atoms with Crippen molar-refractivity contribution in [3.8, 4) is 11.5 Å². The van der Waals surface area contributed by atoms with Gasteiger partial charge in [-0.15, -0.1) is 0 Å². The van der Waals surface area contributed by atoms with Gasteiger partial charge in [-0.1, -0.05) is 31.1 Å². The lowest BCUT2D eigenvalue weighted by Gasteiger charge is -2.35. The van der Waals surface area contributed by atoms with E-state index in [1.807, 2.05) is 6.92 Å². The predicted octanol–water partition coefficient (Wildman–Crippen LogP) is 3.74. The Morgan fingerprint density at radius 1 is 1.16 bits per heavy atom. The van der Waals surface area contributed by atoms with Crippen LogP contribution in [0.15, 0.2) is 34.9 Å². The van der Waals surface area contributed by atoms with Gasteiger partial charge in [0, 0.05) is 23.8 Å². The number of carboxylic acids is 2. The summed E-state index contributed by atoms with van der Waals surface area (Å²) in [5, 5.41) is 19.6. The van der Waals surface area contributed by atoms with Crippen LogP contribution in [0.1, 0.15) is 50.1 Å². The van der Waals surface area contributed by atoms with E-state index in [0.717, 1.165) is 18.4 Å². The number of aliphatic carboxylic acids is 2. The summed E-state index contributed by atoms with van der Waals surface area (Å²) >= 11 is 0. The number of benzene rings is 1. The van der Waals surface area contributed by atoms with Crippen LogP contribution in [0.2, 0.25) is 0 Å². The number of fused-ring (bicyclic) bond motifs is 1. The molecule has 1 unspecified atom stereocenters. The molecule has 2 aromatic rings. The minimum Gasteiger partial charge on any atom is -0.478 e. The molecule has 1 heterocycles. The van der Waals surface area contributed by atoms with Crippen molar-refractivity contribution in [1.82, 2.24) is 15.0 Å². The zero-order valence-corrected chi connectivity index (χ0v) is 18.4. The smallest absolute Gasteiger partial charge is 0.328 e. The van der Waals surface area contributed by atoms with Gasteiger partial charge in [0.25, 0.3) is 5.89 Å². The molecule has 8 heteroatoms. The highest BCUT2D eigenvalue weighted by atomic mass is 16.5. The van der Waals surface area contributed by atoms with Gasteiger partial charge in [0.15, 0.2) is 5.82 Å². The fourth-order valence-corrected chi connectivity index (χ4v) is 3.88. The first kappa shape index (κ1) is 24.3. The first-order valence-electron chi connectivity index (χ1n) is 10.6. The van der Waals surface area contributed by atoms with Crippen LogP contribution in [0.4, 0.5) is 0 Å². The van der Waals surface area contributed by atoms with Crippen LogP contribution in [-0.4, -0.2) is 56.3 Å². The van der Waals surface area contributed by atoms with Crippen molar-refractivity contribution in [3.63, 3.8) is 0 Å². The summed E-state index contributed by atoms with van der Waals surface area (Å²) < 4.78 is 5.43. The van der Waals surface area contributed by atoms with Gasteiger partial charge in [0.1, 0.15) is 0 Å². The van der Waals surface area contributed by atoms with Gasteiger partial charge >= 0.3 is 11.9 Å². The quantitative estimate of drug-likeness (QED) is 0.610. The number of hydrogen-bond donors (Lipinski definition) is 2. The number of rotatable bonds is 8. The van der Waals surface area contributed by atoms with E-state index in [-0.39, 0.29) is 0 Å². The molecule has 31 heavy (non-hydrogen) atoms. The molecule has 1 aliphatic rings. The normalized spacial score (nSPS) is 15.4. The van der Waals surface area contributed by atoms with E-state index in [1.54, 1.807) is 0 Å². The summed E-state index contributed by atoms with van der Waals surface area (Å²) in [7, 11) is 0. The average molecular weight is 430 g/mol. The predicted molar refractivity (Wildman–Crippen MR) is 117 cm³/mol. The molecule has 1 aliphatic carbocycles. The number of nitrogens with zero attached hydrogens (tertiary/aromatic N) is 3. The maximum absolute atomic E-state index is 9.55. The molecule has 8 nitrogen and oxygen atoms in total. The Bertz CT molecular complexity index is 884. The van der Waals surface area contributed by atoms with Gasteiger partial charge in [0.05, 0.1) is 0 Å². The van der Waals surface area contributed by atoms with Crippen LogP contribution in [-0.2, 0) is 22.4 Å². The molecular weight excluding hydrogens is 398 g/mol. The fourth-order valence-electron chi connectivity index (χ4n) is 3.88. The third-order valence-corrected chi connectivity index (χ3v) is 5.12. The molecule has 168 valence electrons. The van der Waals surface area contributed by atoms with Crippen molar-refractivity contribution in [3.05, 3.63) is 47.3 Å². The maximum Gasteiger partial charge on any atom is 0.328 e. The van der Waals surface area contributed by atoms with Crippen molar-refractivity contribution in [2.24, 2.45) is 0 Å². The van der Waals surface area contributed by atoms with Crippen molar-refractivity contribution < 1.29 is 24.3 Å². The molecule has 0 fully saturated rings. The molecule has 3 rings (SSSR count). The van der Waals surface area contributed by atoms with E-state index >= 15 is 0 Å². The highest BCUT2D eigenvalue weighted by molar-refractivity contribution is 5.89. The van der Waals surface area contributed by atoms with Gasteiger partial charge in [-0.25, -0.2) is 9.59 Å². The van der Waals surface area contributed by atoms with Gasteiger partial charge < -0.3 is 19.6 Å². The third-order valence-electron chi connectivity index (χ3n) is 5.12. The monoisotopic (exact) mass is 429 g/mol.